The molecule has 1 rings (SSSR count). The molecule has 0 aliphatic rings. The molecule has 1 aromatic rings. The Morgan fingerprint density at radius 3 is 2.41 bits per heavy atom. The maximum Gasteiger partial charge on any atom is 0.326 e. The molecule has 1 amide bonds. The first-order valence-corrected chi connectivity index (χ1v) is 10.1. The fraction of sp³-hybridized carbons (Fsp3) is 0.421. The minimum atomic E-state index is -1.12. The van der Waals surface area contributed by atoms with Crippen LogP contribution in [0.25, 0.3) is 0 Å². The third-order valence-corrected chi connectivity index (χ3v) is 4.60. The molecule has 0 saturated heterocycles. The van der Waals surface area contributed by atoms with Crippen LogP contribution in [0.1, 0.15) is 20.3 Å². The van der Waals surface area contributed by atoms with Gasteiger partial charge in [-0.15, -0.1) is 0 Å². The van der Waals surface area contributed by atoms with Crippen LogP contribution >= 0.6 is 11.8 Å². The second-order valence-electron chi connectivity index (χ2n) is 5.68. The van der Waals surface area contributed by atoms with Gasteiger partial charge in [-0.1, -0.05) is 0 Å². The Kier molecular flexibility index (Phi) is 9.83. The van der Waals surface area contributed by atoms with Crippen molar-refractivity contribution < 1.29 is 14.7 Å². The molecule has 0 heterocycles. The van der Waals surface area contributed by atoms with Gasteiger partial charge in [-0.05, 0) is 56.5 Å². The quantitative estimate of drug-likeness (QED) is 0.394. The number of thioether (sulfide) groups is 1. The third kappa shape index (κ3) is 7.23. The Morgan fingerprint density at radius 1 is 1.30 bits per heavy atom. The molecule has 0 aromatic heterocycles. The van der Waals surface area contributed by atoms with Crippen LogP contribution in [-0.4, -0.2) is 48.1 Å². The first-order valence-electron chi connectivity index (χ1n) is 8.71. The summed E-state index contributed by atoms with van der Waals surface area (Å²) in [5, 5.41) is 23.7. The van der Waals surface area contributed by atoms with Crippen molar-refractivity contribution in [3.8, 4) is 6.07 Å². The number of carboxylic acids is 1. The van der Waals surface area contributed by atoms with E-state index in [0.29, 0.717) is 12.2 Å². The number of amides is 1. The van der Waals surface area contributed by atoms with Gasteiger partial charge in [-0.2, -0.15) is 17.0 Å². The Labute approximate surface area is 164 Å². The third-order valence-electron chi connectivity index (χ3n) is 3.96. The zero-order valence-corrected chi connectivity index (χ0v) is 16.7. The number of nitrogens with zero attached hydrogens (tertiary/aromatic N) is 2. The lowest BCUT2D eigenvalue weighted by Crippen LogP contribution is -2.41. The van der Waals surface area contributed by atoms with E-state index in [1.807, 2.05) is 30.5 Å². The predicted octanol–water partition coefficient (Wildman–Crippen LogP) is 2.67. The van der Waals surface area contributed by atoms with Crippen LogP contribution < -0.4 is 15.5 Å². The Hall–Kier alpha value is -2.66. The molecule has 0 aliphatic carbocycles. The number of nitriles is 1. The molecule has 0 spiro atoms. The van der Waals surface area contributed by atoms with Crippen molar-refractivity contribution >= 4 is 35.0 Å². The molecule has 146 valence electrons. The van der Waals surface area contributed by atoms with Gasteiger partial charge in [0.15, 0.2) is 0 Å². The van der Waals surface area contributed by atoms with Gasteiger partial charge in [0.2, 0.25) is 0 Å². The maximum absolute atomic E-state index is 12.2. The largest absolute Gasteiger partial charge is 0.480 e. The van der Waals surface area contributed by atoms with Gasteiger partial charge in [0.25, 0.3) is 5.91 Å². The molecule has 3 N–H and O–H groups in total. The average molecular weight is 391 g/mol. The van der Waals surface area contributed by atoms with Crippen molar-refractivity contribution in [2.24, 2.45) is 0 Å². The number of carbonyl (C=O) groups excluding carboxylic acids is 1. The fourth-order valence-electron chi connectivity index (χ4n) is 2.39. The summed E-state index contributed by atoms with van der Waals surface area (Å²) < 4.78 is 0. The smallest absolute Gasteiger partial charge is 0.326 e. The van der Waals surface area contributed by atoms with Crippen LogP contribution in [0.4, 0.5) is 11.4 Å². The molecule has 1 atom stereocenters. The first-order chi connectivity index (χ1) is 13.0. The summed E-state index contributed by atoms with van der Waals surface area (Å²) in [6.07, 6.45) is 3.44. The van der Waals surface area contributed by atoms with E-state index < -0.39 is 17.9 Å². The normalized spacial score (nSPS) is 12.0. The minimum Gasteiger partial charge on any atom is -0.480 e. The van der Waals surface area contributed by atoms with Crippen molar-refractivity contribution in [2.45, 2.75) is 26.3 Å². The van der Waals surface area contributed by atoms with Crippen molar-refractivity contribution in [3.05, 3.63) is 36.0 Å². The highest BCUT2D eigenvalue weighted by molar-refractivity contribution is 7.98. The summed E-state index contributed by atoms with van der Waals surface area (Å²) in [5.41, 5.74) is 1.63. The molecular weight excluding hydrogens is 364 g/mol. The lowest BCUT2D eigenvalue weighted by Gasteiger charge is -2.21. The van der Waals surface area contributed by atoms with Gasteiger partial charge in [-0.3, -0.25) is 4.79 Å². The topological polar surface area (TPSA) is 105 Å². The lowest BCUT2D eigenvalue weighted by molar-refractivity contribution is -0.141. The molecule has 27 heavy (non-hydrogen) atoms. The van der Waals surface area contributed by atoms with Crippen LogP contribution in [0, 0.1) is 11.3 Å². The molecule has 7 nitrogen and oxygen atoms in total. The van der Waals surface area contributed by atoms with E-state index in [1.54, 1.807) is 6.07 Å². The maximum atomic E-state index is 12.2. The monoisotopic (exact) mass is 390 g/mol. The highest BCUT2D eigenvalue weighted by Crippen LogP contribution is 2.18. The summed E-state index contributed by atoms with van der Waals surface area (Å²) in [5.74, 6) is -1.23. The molecular formula is C19H26N4O3S. The Morgan fingerprint density at radius 2 is 1.93 bits per heavy atom. The zero-order chi connectivity index (χ0) is 20.2. The summed E-state index contributed by atoms with van der Waals surface area (Å²) >= 11 is 1.49. The first kappa shape index (κ1) is 22.4. The number of hydrogen-bond donors (Lipinski definition) is 3. The van der Waals surface area contributed by atoms with Crippen LogP contribution in [0.2, 0.25) is 0 Å². The zero-order valence-electron chi connectivity index (χ0n) is 15.9. The van der Waals surface area contributed by atoms with Crippen LogP contribution in [0.15, 0.2) is 36.0 Å². The molecule has 0 saturated carbocycles. The molecule has 0 bridgehead atoms. The molecule has 0 aliphatic heterocycles. The van der Waals surface area contributed by atoms with E-state index >= 15 is 0 Å². The number of benzene rings is 1. The number of hydrogen-bond acceptors (Lipinski definition) is 6. The molecule has 1 unspecified atom stereocenters. The summed E-state index contributed by atoms with van der Waals surface area (Å²) in [4.78, 5) is 25.6. The number of aliphatic carboxylic acids is 1. The highest BCUT2D eigenvalue weighted by atomic mass is 32.2. The SMILES string of the molecule is CCN(CC)c1ccc(N/C=C(/C#N)C(=O)NC(CCSC)C(=O)O)cc1. The minimum absolute atomic E-state index is 0.182. The summed E-state index contributed by atoms with van der Waals surface area (Å²) in [6, 6.07) is 8.41. The van der Waals surface area contributed by atoms with Gasteiger partial charge >= 0.3 is 5.97 Å². The number of carbonyl (C=O) groups is 2. The van der Waals surface area contributed by atoms with E-state index in [-0.39, 0.29) is 5.57 Å². The van der Waals surface area contributed by atoms with E-state index in [4.69, 9.17) is 0 Å². The van der Waals surface area contributed by atoms with E-state index in [1.165, 1.54) is 18.0 Å². The van der Waals surface area contributed by atoms with Crippen molar-refractivity contribution in [1.29, 1.82) is 5.26 Å². The second kappa shape index (κ2) is 11.9. The Bertz CT molecular complexity index is 694. The van der Waals surface area contributed by atoms with Gasteiger partial charge < -0.3 is 20.6 Å². The molecule has 0 radical (unpaired) electrons. The van der Waals surface area contributed by atoms with Crippen molar-refractivity contribution in [3.63, 3.8) is 0 Å². The summed E-state index contributed by atoms with van der Waals surface area (Å²) in [7, 11) is 0. The van der Waals surface area contributed by atoms with E-state index in [0.717, 1.165) is 24.5 Å². The van der Waals surface area contributed by atoms with E-state index in [2.05, 4.69) is 29.4 Å². The van der Waals surface area contributed by atoms with Gasteiger partial charge in [0.05, 0.1) is 0 Å². The van der Waals surface area contributed by atoms with Crippen LogP contribution in [0.5, 0.6) is 0 Å². The number of nitrogens with one attached hydrogen (secondary N) is 2. The van der Waals surface area contributed by atoms with Crippen LogP contribution in [-0.2, 0) is 9.59 Å². The van der Waals surface area contributed by atoms with Gasteiger partial charge in [0, 0.05) is 30.7 Å². The lowest BCUT2D eigenvalue weighted by atomic mass is 10.2. The Balaban J connectivity index is 2.77. The predicted molar refractivity (Wildman–Crippen MR) is 110 cm³/mol. The highest BCUT2D eigenvalue weighted by Gasteiger charge is 2.21. The van der Waals surface area contributed by atoms with Crippen molar-refractivity contribution in [1.82, 2.24) is 5.32 Å². The number of carboxylic acid groups (broad SMARTS) is 1. The standard InChI is InChI=1S/C19H26N4O3S/c1-4-23(5-2)16-8-6-15(7-9-16)21-13-14(12-20)18(24)22-17(19(25)26)10-11-27-3/h6-9,13,17,21H,4-5,10-11H2,1-3H3,(H,22,24)(H,25,26)/b14-13-. The van der Waals surface area contributed by atoms with Crippen LogP contribution in [0.3, 0.4) is 0 Å². The van der Waals surface area contributed by atoms with Gasteiger partial charge in [-0.25, -0.2) is 4.79 Å². The fourth-order valence-corrected chi connectivity index (χ4v) is 2.86. The number of anilines is 2. The second-order valence-corrected chi connectivity index (χ2v) is 6.66. The molecule has 1 aromatic carbocycles. The van der Waals surface area contributed by atoms with Gasteiger partial charge in [0.1, 0.15) is 17.7 Å². The summed E-state index contributed by atoms with van der Waals surface area (Å²) in [6.45, 7) is 5.98. The molecule has 0 fully saturated rings. The number of rotatable bonds is 11. The van der Waals surface area contributed by atoms with Crippen molar-refractivity contribution in [2.75, 3.05) is 35.3 Å². The molecule has 8 heteroatoms. The van der Waals surface area contributed by atoms with E-state index in [9.17, 15) is 20.0 Å². The average Bonchev–Trinajstić information content (AvgIpc) is 2.67.